The van der Waals surface area contributed by atoms with Crippen LogP contribution in [0.2, 0.25) is 0 Å². The highest BCUT2D eigenvalue weighted by molar-refractivity contribution is 8.17. The molecule has 1 amide bonds. The van der Waals surface area contributed by atoms with Crippen LogP contribution in [0.1, 0.15) is 36.7 Å². The Kier molecular flexibility index (Phi) is 8.49. The van der Waals surface area contributed by atoms with Crippen LogP contribution in [0.15, 0.2) is 64.5 Å². The molecular formula is C22H24N2O5S. The monoisotopic (exact) mass is 428 g/mol. The Hall–Kier alpha value is -3.26. The van der Waals surface area contributed by atoms with Gasteiger partial charge in [-0.2, -0.15) is 4.99 Å². The van der Waals surface area contributed by atoms with Crippen LogP contribution in [-0.4, -0.2) is 28.3 Å². The molecule has 7 nitrogen and oxygen atoms in total. The Bertz CT molecular complexity index is 955. The molecular weight excluding hydrogens is 404 g/mol. The number of carbonyl (C=O) groups is 2. The van der Waals surface area contributed by atoms with E-state index in [0.717, 1.165) is 5.56 Å². The summed E-state index contributed by atoms with van der Waals surface area (Å²) in [6.07, 6.45) is 1.28. The van der Waals surface area contributed by atoms with Crippen molar-refractivity contribution in [3.05, 3.63) is 70.6 Å². The number of carboxylic acids is 1. The third-order valence-electron chi connectivity index (χ3n) is 3.65. The lowest BCUT2D eigenvalue weighted by molar-refractivity contribution is -0.131. The number of nitrogens with two attached hydrogens (primary N) is 1. The van der Waals surface area contributed by atoms with E-state index in [1.54, 1.807) is 25.1 Å². The maximum atomic E-state index is 12.6. The second kappa shape index (κ2) is 11.1. The van der Waals surface area contributed by atoms with E-state index in [9.17, 15) is 9.59 Å². The van der Waals surface area contributed by atoms with E-state index in [4.69, 9.17) is 20.3 Å². The number of ether oxygens (including phenoxy) is 2. The lowest BCUT2D eigenvalue weighted by atomic mass is 10.2. The Morgan fingerprint density at radius 2 is 1.83 bits per heavy atom. The van der Waals surface area contributed by atoms with E-state index >= 15 is 0 Å². The normalized spacial score (nSPS) is 12.0. The fraction of sp³-hybridized carbons (Fsp3) is 0.227. The second-order valence-corrected chi connectivity index (χ2v) is 7.51. The average molecular weight is 429 g/mol. The minimum Gasteiger partial charge on any atom is -0.491 e. The number of allylic oxidation sites excluding steroid dienone is 1. The van der Waals surface area contributed by atoms with Crippen molar-refractivity contribution in [2.45, 2.75) is 33.5 Å². The van der Waals surface area contributed by atoms with Crippen LogP contribution in [-0.2, 0) is 11.4 Å². The van der Waals surface area contributed by atoms with Crippen molar-refractivity contribution in [1.29, 1.82) is 0 Å². The van der Waals surface area contributed by atoms with Crippen molar-refractivity contribution in [3.63, 3.8) is 0 Å². The third-order valence-corrected chi connectivity index (χ3v) is 4.58. The molecule has 0 atom stereocenters. The molecule has 0 bridgehead atoms. The van der Waals surface area contributed by atoms with Crippen LogP contribution in [0.25, 0.3) is 0 Å². The highest BCUT2D eigenvalue weighted by atomic mass is 32.2. The Morgan fingerprint density at radius 1 is 1.17 bits per heavy atom. The Labute approximate surface area is 179 Å². The maximum Gasteiger partial charge on any atom is 0.342 e. The van der Waals surface area contributed by atoms with Crippen molar-refractivity contribution in [1.82, 2.24) is 0 Å². The number of nitrogens with zero attached hydrogens (tertiary/aromatic N) is 1. The van der Waals surface area contributed by atoms with Gasteiger partial charge in [0.25, 0.3) is 5.91 Å². The summed E-state index contributed by atoms with van der Waals surface area (Å²) in [7, 11) is 0. The number of aliphatic carboxylic acids is 1. The first-order valence-electron chi connectivity index (χ1n) is 9.23. The van der Waals surface area contributed by atoms with Crippen molar-refractivity contribution in [3.8, 4) is 11.5 Å². The smallest absolute Gasteiger partial charge is 0.342 e. The molecule has 30 heavy (non-hydrogen) atoms. The van der Waals surface area contributed by atoms with Crippen molar-refractivity contribution >= 4 is 28.8 Å². The summed E-state index contributed by atoms with van der Waals surface area (Å²) in [5, 5.41) is 8.90. The van der Waals surface area contributed by atoms with Crippen LogP contribution < -0.4 is 15.2 Å². The van der Waals surface area contributed by atoms with E-state index in [0.29, 0.717) is 29.9 Å². The lowest BCUT2D eigenvalue weighted by Crippen LogP contribution is -2.13. The van der Waals surface area contributed by atoms with Gasteiger partial charge in [-0.25, -0.2) is 4.79 Å². The van der Waals surface area contributed by atoms with Gasteiger partial charge in [-0.1, -0.05) is 36.4 Å². The molecule has 0 spiro atoms. The van der Waals surface area contributed by atoms with E-state index in [1.807, 2.05) is 44.2 Å². The second-order valence-electron chi connectivity index (χ2n) is 6.45. The molecule has 0 heterocycles. The number of hydrogen-bond acceptors (Lipinski definition) is 5. The lowest BCUT2D eigenvalue weighted by Gasteiger charge is -2.13. The summed E-state index contributed by atoms with van der Waals surface area (Å²) in [6, 6.07) is 14.4. The van der Waals surface area contributed by atoms with Crippen molar-refractivity contribution in [2.75, 3.05) is 0 Å². The van der Waals surface area contributed by atoms with Gasteiger partial charge in [-0.15, -0.1) is 0 Å². The highest BCUT2D eigenvalue weighted by Gasteiger charge is 2.14. The standard InChI is InChI=1S/C22H24N2O5S/c1-4-19(21(26)27)30-22(23)24-20(25)16-10-17(12-18(11-16)29-14(2)3)28-13-15-8-6-5-7-9-15/h4-12,14H,13H2,1-3H3,(H,26,27)(H2,23,24,25)/b19-4-. The van der Waals surface area contributed by atoms with Gasteiger partial charge in [0.1, 0.15) is 18.1 Å². The molecule has 3 N–H and O–H groups in total. The largest absolute Gasteiger partial charge is 0.491 e. The topological polar surface area (TPSA) is 111 Å². The molecule has 0 saturated carbocycles. The molecule has 2 rings (SSSR count). The fourth-order valence-electron chi connectivity index (χ4n) is 2.39. The molecule has 0 fully saturated rings. The molecule has 2 aromatic rings. The highest BCUT2D eigenvalue weighted by Crippen LogP contribution is 2.26. The zero-order valence-electron chi connectivity index (χ0n) is 17.0. The number of carboxylic acid groups (broad SMARTS) is 1. The van der Waals surface area contributed by atoms with Crippen LogP contribution in [0.4, 0.5) is 0 Å². The number of amidine groups is 1. The molecule has 0 aromatic heterocycles. The number of carbonyl (C=O) groups excluding carboxylic acids is 1. The first-order valence-corrected chi connectivity index (χ1v) is 10.0. The number of hydrogen-bond donors (Lipinski definition) is 2. The fourth-order valence-corrected chi connectivity index (χ4v) is 2.94. The molecule has 0 saturated heterocycles. The van der Waals surface area contributed by atoms with Gasteiger partial charge in [-0.3, -0.25) is 4.79 Å². The summed E-state index contributed by atoms with van der Waals surface area (Å²) in [5.41, 5.74) is 6.94. The summed E-state index contributed by atoms with van der Waals surface area (Å²) in [5.74, 6) is -0.863. The summed E-state index contributed by atoms with van der Waals surface area (Å²) < 4.78 is 11.5. The molecule has 0 aliphatic heterocycles. The number of aliphatic imine (C=N–C) groups is 1. The van der Waals surface area contributed by atoms with Gasteiger partial charge in [0.15, 0.2) is 5.17 Å². The minimum absolute atomic E-state index is 0.0205. The van der Waals surface area contributed by atoms with Gasteiger partial charge < -0.3 is 20.3 Å². The first kappa shape index (κ1) is 23.0. The number of thioether (sulfide) groups is 1. The minimum atomic E-state index is -1.14. The van der Waals surface area contributed by atoms with Gasteiger partial charge >= 0.3 is 5.97 Å². The van der Waals surface area contributed by atoms with Crippen molar-refractivity contribution in [2.24, 2.45) is 10.7 Å². The first-order chi connectivity index (χ1) is 14.3. The summed E-state index contributed by atoms with van der Waals surface area (Å²) in [6.45, 7) is 5.63. The summed E-state index contributed by atoms with van der Waals surface area (Å²) >= 11 is 0.708. The number of amides is 1. The van der Waals surface area contributed by atoms with Gasteiger partial charge in [0, 0.05) is 11.6 Å². The maximum absolute atomic E-state index is 12.6. The predicted octanol–water partition coefficient (Wildman–Crippen LogP) is 4.23. The molecule has 0 radical (unpaired) electrons. The van der Waals surface area contributed by atoms with E-state index < -0.39 is 11.9 Å². The van der Waals surface area contributed by atoms with Gasteiger partial charge in [-0.05, 0) is 50.2 Å². The van der Waals surface area contributed by atoms with E-state index in [1.165, 1.54) is 6.08 Å². The van der Waals surface area contributed by atoms with Crippen LogP contribution in [0, 0.1) is 0 Å². The third kappa shape index (κ3) is 7.29. The predicted molar refractivity (Wildman–Crippen MR) is 118 cm³/mol. The van der Waals surface area contributed by atoms with Crippen LogP contribution in [0.3, 0.4) is 0 Å². The van der Waals surface area contributed by atoms with Crippen LogP contribution >= 0.6 is 11.8 Å². The molecule has 0 aliphatic carbocycles. The number of rotatable bonds is 8. The van der Waals surface area contributed by atoms with Gasteiger partial charge in [0.2, 0.25) is 0 Å². The SMILES string of the molecule is C/C=C(\SC(N)=NC(=O)c1cc(OCc2ccccc2)cc(OC(C)C)c1)C(=O)O. The Morgan fingerprint density at radius 3 is 2.43 bits per heavy atom. The Balaban J connectivity index is 2.25. The zero-order chi connectivity index (χ0) is 22.1. The average Bonchev–Trinajstić information content (AvgIpc) is 2.70. The molecule has 0 unspecified atom stereocenters. The summed E-state index contributed by atoms with van der Waals surface area (Å²) in [4.78, 5) is 27.5. The van der Waals surface area contributed by atoms with E-state index in [2.05, 4.69) is 4.99 Å². The van der Waals surface area contributed by atoms with Gasteiger partial charge in [0.05, 0.1) is 11.0 Å². The molecule has 158 valence electrons. The quantitative estimate of drug-likeness (QED) is 0.368. The zero-order valence-corrected chi connectivity index (χ0v) is 17.8. The van der Waals surface area contributed by atoms with Crippen molar-refractivity contribution < 1.29 is 24.2 Å². The molecule has 0 aliphatic rings. The molecule has 2 aromatic carbocycles. The van der Waals surface area contributed by atoms with E-state index in [-0.39, 0.29) is 21.7 Å². The van der Waals surface area contributed by atoms with Crippen LogP contribution in [0.5, 0.6) is 11.5 Å². The number of benzene rings is 2. The molecule has 8 heteroatoms.